The average molecular weight is 268 g/mol. The SMILES string of the molecule is O=C(C1CCSC1)N1CCC(NCC2CC2)CC1. The van der Waals surface area contributed by atoms with E-state index in [4.69, 9.17) is 0 Å². The maximum Gasteiger partial charge on any atom is 0.226 e. The lowest BCUT2D eigenvalue weighted by atomic mass is 10.0. The minimum absolute atomic E-state index is 0.325. The molecule has 0 bridgehead atoms. The van der Waals surface area contributed by atoms with E-state index in [9.17, 15) is 4.79 Å². The number of amides is 1. The zero-order valence-electron chi connectivity index (χ0n) is 11.1. The number of likely N-dealkylation sites (tertiary alicyclic amines) is 1. The number of thioether (sulfide) groups is 1. The zero-order chi connectivity index (χ0) is 12.4. The molecule has 0 aromatic carbocycles. The molecule has 18 heavy (non-hydrogen) atoms. The maximum atomic E-state index is 12.3. The normalized spacial score (nSPS) is 29.8. The fourth-order valence-electron chi connectivity index (χ4n) is 2.95. The second kappa shape index (κ2) is 5.83. The highest BCUT2D eigenvalue weighted by Crippen LogP contribution is 2.29. The first kappa shape index (κ1) is 12.8. The fourth-order valence-corrected chi connectivity index (χ4v) is 4.16. The Bertz CT molecular complexity index is 292. The van der Waals surface area contributed by atoms with Crippen molar-refractivity contribution in [3.05, 3.63) is 0 Å². The molecule has 1 atom stereocenters. The van der Waals surface area contributed by atoms with Crippen molar-refractivity contribution in [2.24, 2.45) is 11.8 Å². The van der Waals surface area contributed by atoms with Crippen LogP contribution < -0.4 is 5.32 Å². The quantitative estimate of drug-likeness (QED) is 0.843. The molecule has 1 N–H and O–H groups in total. The van der Waals surface area contributed by atoms with E-state index < -0.39 is 0 Å². The molecule has 0 aromatic heterocycles. The summed E-state index contributed by atoms with van der Waals surface area (Å²) in [7, 11) is 0. The number of carbonyl (C=O) groups excluding carboxylic acids is 1. The monoisotopic (exact) mass is 268 g/mol. The Morgan fingerprint density at radius 1 is 1.17 bits per heavy atom. The van der Waals surface area contributed by atoms with Gasteiger partial charge in [-0.3, -0.25) is 4.79 Å². The van der Waals surface area contributed by atoms with Gasteiger partial charge in [0, 0.05) is 30.8 Å². The third-order valence-corrected chi connectivity index (χ3v) is 5.64. The highest BCUT2D eigenvalue weighted by molar-refractivity contribution is 7.99. The Labute approximate surface area is 114 Å². The molecule has 102 valence electrons. The Morgan fingerprint density at radius 3 is 2.56 bits per heavy atom. The molecule has 3 aliphatic rings. The number of hydrogen-bond donors (Lipinski definition) is 1. The molecular weight excluding hydrogens is 244 g/mol. The molecular formula is C14H24N2OS. The molecule has 0 spiro atoms. The van der Waals surface area contributed by atoms with E-state index in [1.54, 1.807) is 0 Å². The van der Waals surface area contributed by atoms with Crippen molar-refractivity contribution in [3.63, 3.8) is 0 Å². The first-order valence-electron chi connectivity index (χ1n) is 7.43. The topological polar surface area (TPSA) is 32.3 Å². The van der Waals surface area contributed by atoms with Crippen LogP contribution in [0.25, 0.3) is 0 Å². The molecule has 2 heterocycles. The smallest absolute Gasteiger partial charge is 0.226 e. The predicted molar refractivity (Wildman–Crippen MR) is 75.8 cm³/mol. The van der Waals surface area contributed by atoms with Crippen LogP contribution in [0.3, 0.4) is 0 Å². The van der Waals surface area contributed by atoms with Gasteiger partial charge in [0.2, 0.25) is 5.91 Å². The lowest BCUT2D eigenvalue weighted by Crippen LogP contribution is -2.47. The van der Waals surface area contributed by atoms with Gasteiger partial charge < -0.3 is 10.2 Å². The van der Waals surface area contributed by atoms with E-state index in [1.807, 2.05) is 11.8 Å². The average Bonchev–Trinajstić information content (AvgIpc) is 3.08. The zero-order valence-corrected chi connectivity index (χ0v) is 11.9. The van der Waals surface area contributed by atoms with Crippen LogP contribution in [0.5, 0.6) is 0 Å². The summed E-state index contributed by atoms with van der Waals surface area (Å²) in [5, 5.41) is 3.67. The van der Waals surface area contributed by atoms with Gasteiger partial charge >= 0.3 is 0 Å². The van der Waals surface area contributed by atoms with Crippen molar-refractivity contribution in [2.75, 3.05) is 31.1 Å². The Balaban J connectivity index is 1.39. The van der Waals surface area contributed by atoms with Crippen molar-refractivity contribution in [3.8, 4) is 0 Å². The molecule has 3 nitrogen and oxygen atoms in total. The Morgan fingerprint density at radius 2 is 1.94 bits per heavy atom. The largest absolute Gasteiger partial charge is 0.342 e. The molecule has 2 saturated heterocycles. The van der Waals surface area contributed by atoms with Crippen LogP contribution in [-0.2, 0) is 4.79 Å². The van der Waals surface area contributed by atoms with Crippen LogP contribution in [0, 0.1) is 11.8 Å². The summed E-state index contributed by atoms with van der Waals surface area (Å²) in [5.74, 6) is 3.95. The van der Waals surface area contributed by atoms with E-state index in [0.717, 1.165) is 44.0 Å². The summed E-state index contributed by atoms with van der Waals surface area (Å²) in [4.78, 5) is 14.4. The minimum Gasteiger partial charge on any atom is -0.342 e. The summed E-state index contributed by atoms with van der Waals surface area (Å²) in [6.07, 6.45) is 6.24. The van der Waals surface area contributed by atoms with Gasteiger partial charge in [0.05, 0.1) is 0 Å². The summed E-state index contributed by atoms with van der Waals surface area (Å²) in [6.45, 7) is 3.16. The van der Waals surface area contributed by atoms with Crippen LogP contribution >= 0.6 is 11.8 Å². The van der Waals surface area contributed by atoms with Crippen molar-refractivity contribution in [1.82, 2.24) is 10.2 Å². The van der Waals surface area contributed by atoms with Gasteiger partial charge in [-0.2, -0.15) is 11.8 Å². The van der Waals surface area contributed by atoms with Crippen molar-refractivity contribution in [1.29, 1.82) is 0 Å². The van der Waals surface area contributed by atoms with Gasteiger partial charge in [0.25, 0.3) is 0 Å². The van der Waals surface area contributed by atoms with Gasteiger partial charge in [-0.1, -0.05) is 0 Å². The van der Waals surface area contributed by atoms with Gasteiger partial charge in [-0.15, -0.1) is 0 Å². The minimum atomic E-state index is 0.325. The van der Waals surface area contributed by atoms with E-state index in [0.29, 0.717) is 17.9 Å². The maximum absolute atomic E-state index is 12.3. The Kier molecular flexibility index (Phi) is 4.14. The fraction of sp³-hybridized carbons (Fsp3) is 0.929. The molecule has 0 aromatic rings. The third kappa shape index (κ3) is 3.21. The summed E-state index contributed by atoms with van der Waals surface area (Å²) >= 11 is 1.93. The standard InChI is InChI=1S/C14H24N2OS/c17-14(12-5-8-18-10-12)16-6-3-13(4-7-16)15-9-11-1-2-11/h11-13,15H,1-10H2. The second-order valence-electron chi connectivity index (χ2n) is 6.01. The Hall–Kier alpha value is -0.220. The molecule has 1 saturated carbocycles. The molecule has 1 amide bonds. The molecule has 1 aliphatic carbocycles. The van der Waals surface area contributed by atoms with Gasteiger partial charge in [0.15, 0.2) is 0 Å². The van der Waals surface area contributed by atoms with E-state index >= 15 is 0 Å². The summed E-state index contributed by atoms with van der Waals surface area (Å²) < 4.78 is 0. The molecule has 2 aliphatic heterocycles. The van der Waals surface area contributed by atoms with Crippen LogP contribution in [0.4, 0.5) is 0 Å². The number of carbonyl (C=O) groups is 1. The van der Waals surface area contributed by atoms with E-state index in [1.165, 1.54) is 25.1 Å². The highest BCUT2D eigenvalue weighted by Gasteiger charge is 2.30. The van der Waals surface area contributed by atoms with Crippen LogP contribution in [0.1, 0.15) is 32.1 Å². The van der Waals surface area contributed by atoms with E-state index in [-0.39, 0.29) is 0 Å². The van der Waals surface area contributed by atoms with Crippen molar-refractivity contribution in [2.45, 2.75) is 38.1 Å². The number of nitrogens with one attached hydrogen (secondary N) is 1. The van der Waals surface area contributed by atoms with Gasteiger partial charge in [-0.25, -0.2) is 0 Å². The molecule has 4 heteroatoms. The van der Waals surface area contributed by atoms with Crippen LogP contribution in [0.15, 0.2) is 0 Å². The van der Waals surface area contributed by atoms with Gasteiger partial charge in [-0.05, 0) is 50.3 Å². The molecule has 3 rings (SSSR count). The highest BCUT2D eigenvalue weighted by atomic mass is 32.2. The number of hydrogen-bond acceptors (Lipinski definition) is 3. The predicted octanol–water partition coefficient (Wildman–Crippen LogP) is 1.73. The summed E-state index contributed by atoms with van der Waals surface area (Å²) in [5.41, 5.74) is 0. The number of nitrogens with zero attached hydrogens (tertiary/aromatic N) is 1. The lowest BCUT2D eigenvalue weighted by Gasteiger charge is -2.34. The molecule has 3 fully saturated rings. The number of piperidine rings is 1. The van der Waals surface area contributed by atoms with Gasteiger partial charge in [0.1, 0.15) is 0 Å². The molecule has 0 radical (unpaired) electrons. The first-order valence-corrected chi connectivity index (χ1v) is 8.58. The lowest BCUT2D eigenvalue weighted by molar-refractivity contribution is -0.135. The number of rotatable bonds is 4. The third-order valence-electron chi connectivity index (χ3n) is 4.48. The van der Waals surface area contributed by atoms with E-state index in [2.05, 4.69) is 10.2 Å². The van der Waals surface area contributed by atoms with Crippen LogP contribution in [0.2, 0.25) is 0 Å². The van der Waals surface area contributed by atoms with Crippen LogP contribution in [-0.4, -0.2) is 48.0 Å². The van der Waals surface area contributed by atoms with Crippen molar-refractivity contribution < 1.29 is 4.79 Å². The molecule has 1 unspecified atom stereocenters. The summed E-state index contributed by atoms with van der Waals surface area (Å²) in [6, 6.07) is 0.660. The first-order chi connectivity index (χ1) is 8.83. The second-order valence-corrected chi connectivity index (χ2v) is 7.16. The van der Waals surface area contributed by atoms with Crippen molar-refractivity contribution >= 4 is 17.7 Å².